The van der Waals surface area contributed by atoms with Crippen molar-refractivity contribution >= 4 is 22.9 Å². The Bertz CT molecular complexity index is 1470. The van der Waals surface area contributed by atoms with Crippen LogP contribution in [0.25, 0.3) is 22.3 Å². The highest BCUT2D eigenvalue weighted by Crippen LogP contribution is 2.31. The maximum atomic E-state index is 13.5. The molecule has 1 aromatic heterocycles. The molecule has 1 fully saturated rings. The number of fused-ring (bicyclic) bond motifs is 1. The van der Waals surface area contributed by atoms with E-state index in [-0.39, 0.29) is 18.1 Å². The quantitative estimate of drug-likeness (QED) is 0.298. The third-order valence-electron chi connectivity index (χ3n) is 6.91. The highest BCUT2D eigenvalue weighted by atomic mass is 19.1. The van der Waals surface area contributed by atoms with Crippen molar-refractivity contribution in [2.45, 2.75) is 31.6 Å². The first-order chi connectivity index (χ1) is 18.4. The van der Waals surface area contributed by atoms with E-state index < -0.39 is 5.97 Å². The molecule has 1 N–H and O–H groups in total. The predicted octanol–water partition coefficient (Wildman–Crippen LogP) is 5.48. The number of unbranched alkanes of at least 4 members (excludes halogenated alkanes) is 1. The number of halogens is 1. The van der Waals surface area contributed by atoms with Gasteiger partial charge in [0.25, 0.3) is 5.91 Å². The molecule has 1 aliphatic rings. The Labute approximate surface area is 219 Å². The van der Waals surface area contributed by atoms with E-state index >= 15 is 0 Å². The lowest BCUT2D eigenvalue weighted by atomic mass is 9.91. The van der Waals surface area contributed by atoms with E-state index in [9.17, 15) is 14.0 Å². The molecule has 38 heavy (non-hydrogen) atoms. The number of aliphatic carboxylic acids is 1. The van der Waals surface area contributed by atoms with Gasteiger partial charge in [0.05, 0.1) is 29.5 Å². The molecular weight excluding hydrogens is 485 g/mol. The number of methoxy groups -OCH3 is 1. The minimum Gasteiger partial charge on any atom is -0.497 e. The first-order valence-corrected chi connectivity index (χ1v) is 12.6. The van der Waals surface area contributed by atoms with Gasteiger partial charge in [-0.05, 0) is 79.4 Å². The lowest BCUT2D eigenvalue weighted by molar-refractivity contribution is -0.137. The minimum absolute atomic E-state index is 0.0518. The second-order valence-electron chi connectivity index (χ2n) is 9.51. The first kappa shape index (κ1) is 25.3. The molecule has 194 valence electrons. The van der Waals surface area contributed by atoms with Crippen molar-refractivity contribution in [1.29, 1.82) is 0 Å². The summed E-state index contributed by atoms with van der Waals surface area (Å²) in [4.78, 5) is 35.6. The molecule has 0 unspecified atom stereocenters. The van der Waals surface area contributed by atoms with E-state index in [1.54, 1.807) is 37.4 Å². The van der Waals surface area contributed by atoms with Crippen LogP contribution in [0, 0.1) is 5.82 Å². The molecule has 2 heterocycles. The second kappa shape index (κ2) is 11.0. The van der Waals surface area contributed by atoms with E-state index in [4.69, 9.17) is 19.8 Å². The summed E-state index contributed by atoms with van der Waals surface area (Å²) in [5, 5.41) is 8.96. The summed E-state index contributed by atoms with van der Waals surface area (Å²) < 4.78 is 18.7. The number of nitrogens with zero attached hydrogens (tertiary/aromatic N) is 3. The number of amides is 1. The highest BCUT2D eigenvalue weighted by Gasteiger charge is 2.32. The number of hydrogen-bond acceptors (Lipinski definition) is 5. The van der Waals surface area contributed by atoms with Gasteiger partial charge in [-0.25, -0.2) is 14.4 Å². The van der Waals surface area contributed by atoms with Crippen LogP contribution in [0.2, 0.25) is 0 Å². The fraction of sp³-hybridized carbons (Fsp3) is 0.267. The molecule has 0 bridgehead atoms. The van der Waals surface area contributed by atoms with Crippen molar-refractivity contribution in [3.05, 3.63) is 89.4 Å². The minimum atomic E-state index is -0.836. The van der Waals surface area contributed by atoms with Crippen LogP contribution in [-0.4, -0.2) is 52.1 Å². The Morgan fingerprint density at radius 3 is 2.39 bits per heavy atom. The zero-order valence-electron chi connectivity index (χ0n) is 21.1. The summed E-state index contributed by atoms with van der Waals surface area (Å²) in [7, 11) is 1.64. The van der Waals surface area contributed by atoms with E-state index in [1.165, 1.54) is 17.7 Å². The first-order valence-electron chi connectivity index (χ1n) is 12.6. The molecule has 1 saturated heterocycles. The van der Waals surface area contributed by atoms with Gasteiger partial charge in [0, 0.05) is 36.6 Å². The molecule has 5 rings (SSSR count). The van der Waals surface area contributed by atoms with Crippen molar-refractivity contribution < 1.29 is 23.8 Å². The van der Waals surface area contributed by atoms with Crippen LogP contribution in [0.1, 0.15) is 46.8 Å². The zero-order valence-corrected chi connectivity index (χ0v) is 21.1. The maximum Gasteiger partial charge on any atom is 0.303 e. The van der Waals surface area contributed by atoms with Crippen molar-refractivity contribution in [2.75, 3.05) is 20.2 Å². The number of aryl methyl sites for hydroxylation is 1. The molecule has 3 aromatic carbocycles. The number of hydrogen-bond donors (Lipinski definition) is 1. The van der Waals surface area contributed by atoms with E-state index in [0.717, 1.165) is 11.3 Å². The van der Waals surface area contributed by atoms with Crippen LogP contribution in [0.5, 0.6) is 5.75 Å². The highest BCUT2D eigenvalue weighted by molar-refractivity contribution is 5.98. The van der Waals surface area contributed by atoms with Gasteiger partial charge in [-0.1, -0.05) is 12.1 Å². The molecule has 0 atom stereocenters. The number of carboxylic acids is 1. The molecule has 1 amide bonds. The fourth-order valence-electron chi connectivity index (χ4n) is 4.72. The standard InChI is InChI=1S/C30H28FN3O4/c1-38-24-13-8-19(9-14-24)22-17-34(18-22)30(37)21-10-15-25-27(16-21)32-26(4-2-3-5-28(35)36)29(33-25)20-6-11-23(31)12-7-20/h6-16,22H,2-5,17-18H2,1H3,(H,35,36). The number of likely N-dealkylation sites (tertiary alicyclic amines) is 1. The Morgan fingerprint density at radius 1 is 0.974 bits per heavy atom. The maximum absolute atomic E-state index is 13.5. The molecule has 0 aliphatic carbocycles. The number of carboxylic acid groups (broad SMARTS) is 1. The second-order valence-corrected chi connectivity index (χ2v) is 9.51. The normalized spacial score (nSPS) is 13.4. The summed E-state index contributed by atoms with van der Waals surface area (Å²) in [6, 6.07) is 19.3. The van der Waals surface area contributed by atoms with Crippen LogP contribution >= 0.6 is 0 Å². The predicted molar refractivity (Wildman–Crippen MR) is 142 cm³/mol. The van der Waals surface area contributed by atoms with Gasteiger partial charge >= 0.3 is 5.97 Å². The summed E-state index contributed by atoms with van der Waals surface area (Å²) in [5.74, 6) is -0.127. The molecule has 8 heteroatoms. The third kappa shape index (κ3) is 5.49. The summed E-state index contributed by atoms with van der Waals surface area (Å²) >= 11 is 0. The molecule has 0 spiro atoms. The Kier molecular flexibility index (Phi) is 7.31. The Balaban J connectivity index is 1.36. The fourth-order valence-corrected chi connectivity index (χ4v) is 4.72. The molecule has 0 saturated carbocycles. The van der Waals surface area contributed by atoms with Gasteiger partial charge < -0.3 is 14.7 Å². The van der Waals surface area contributed by atoms with Gasteiger partial charge in [-0.15, -0.1) is 0 Å². The molecular formula is C30H28FN3O4. The van der Waals surface area contributed by atoms with Crippen LogP contribution in [0.4, 0.5) is 4.39 Å². The number of carbonyl (C=O) groups excluding carboxylic acids is 1. The van der Waals surface area contributed by atoms with Crippen LogP contribution < -0.4 is 4.74 Å². The van der Waals surface area contributed by atoms with E-state index in [1.807, 2.05) is 29.2 Å². The number of rotatable bonds is 9. The zero-order chi connectivity index (χ0) is 26.6. The van der Waals surface area contributed by atoms with Crippen molar-refractivity contribution in [3.8, 4) is 17.0 Å². The topological polar surface area (TPSA) is 92.6 Å². The van der Waals surface area contributed by atoms with Crippen molar-refractivity contribution in [3.63, 3.8) is 0 Å². The van der Waals surface area contributed by atoms with Crippen molar-refractivity contribution in [1.82, 2.24) is 14.9 Å². The van der Waals surface area contributed by atoms with Gasteiger partial charge in [-0.3, -0.25) is 9.59 Å². The van der Waals surface area contributed by atoms with E-state index in [2.05, 4.69) is 0 Å². The van der Waals surface area contributed by atoms with E-state index in [0.29, 0.717) is 66.3 Å². The molecule has 1 aliphatic heterocycles. The smallest absolute Gasteiger partial charge is 0.303 e. The molecule has 4 aromatic rings. The monoisotopic (exact) mass is 513 g/mol. The molecule has 0 radical (unpaired) electrons. The van der Waals surface area contributed by atoms with Gasteiger partial charge in [0.1, 0.15) is 11.6 Å². The number of ether oxygens (including phenoxy) is 1. The lowest BCUT2D eigenvalue weighted by Crippen LogP contribution is -2.48. The van der Waals surface area contributed by atoms with Crippen LogP contribution in [0.15, 0.2) is 66.7 Å². The summed E-state index contributed by atoms with van der Waals surface area (Å²) in [6.07, 6.45) is 1.75. The number of aromatic nitrogens is 2. The lowest BCUT2D eigenvalue weighted by Gasteiger charge is -2.39. The Hall–Kier alpha value is -4.33. The van der Waals surface area contributed by atoms with Crippen LogP contribution in [-0.2, 0) is 11.2 Å². The molecule has 7 nitrogen and oxygen atoms in total. The average molecular weight is 514 g/mol. The van der Waals surface area contributed by atoms with Crippen molar-refractivity contribution in [2.24, 2.45) is 0 Å². The van der Waals surface area contributed by atoms with Crippen LogP contribution in [0.3, 0.4) is 0 Å². The number of carbonyl (C=O) groups is 2. The number of benzene rings is 3. The van der Waals surface area contributed by atoms with Gasteiger partial charge in [0.15, 0.2) is 0 Å². The van der Waals surface area contributed by atoms with Gasteiger partial charge in [0.2, 0.25) is 0 Å². The largest absolute Gasteiger partial charge is 0.497 e. The SMILES string of the molecule is COc1ccc(C2CN(C(=O)c3ccc4nc(-c5ccc(F)cc5)c(CCCCC(=O)O)nc4c3)C2)cc1. The Morgan fingerprint density at radius 2 is 1.71 bits per heavy atom. The average Bonchev–Trinajstić information content (AvgIpc) is 2.90. The summed E-state index contributed by atoms with van der Waals surface area (Å²) in [6.45, 7) is 1.29. The third-order valence-corrected chi connectivity index (χ3v) is 6.91. The summed E-state index contributed by atoms with van der Waals surface area (Å²) in [5.41, 5.74) is 5.03. The van der Waals surface area contributed by atoms with Gasteiger partial charge in [-0.2, -0.15) is 0 Å².